The zero-order chi connectivity index (χ0) is 17.7. The van der Waals surface area contributed by atoms with Gasteiger partial charge in [-0.1, -0.05) is 30.3 Å². The lowest BCUT2D eigenvalue weighted by Gasteiger charge is -2.12. The molecule has 0 bridgehead atoms. The lowest BCUT2D eigenvalue weighted by molar-refractivity contribution is -0.137. The first-order chi connectivity index (χ1) is 11.3. The number of rotatable bonds is 5. The van der Waals surface area contributed by atoms with Crippen LogP contribution in [-0.4, -0.2) is 24.6 Å². The molecule has 0 unspecified atom stereocenters. The molecular weight excluding hydrogens is 341 g/mol. The Morgan fingerprint density at radius 2 is 1.75 bits per heavy atom. The largest absolute Gasteiger partial charge is 0.465 e. The Morgan fingerprint density at radius 3 is 2.33 bits per heavy atom. The maximum absolute atomic E-state index is 12.8. The van der Waals surface area contributed by atoms with E-state index < -0.39 is 17.7 Å². The van der Waals surface area contributed by atoms with E-state index >= 15 is 0 Å². The minimum Gasteiger partial charge on any atom is -0.465 e. The minimum absolute atomic E-state index is 0.000623. The molecule has 0 spiro atoms. The molecule has 2 aromatic carbocycles. The molecule has 2 rings (SSSR count). The maximum Gasteiger partial charge on any atom is 0.416 e. The summed E-state index contributed by atoms with van der Waals surface area (Å²) in [4.78, 5) is 24.1. The molecule has 0 N–H and O–H groups in total. The normalized spacial score (nSPS) is 11.2. The lowest BCUT2D eigenvalue weighted by atomic mass is 10.1. The van der Waals surface area contributed by atoms with Crippen molar-refractivity contribution in [2.24, 2.45) is 0 Å². The molecule has 0 heterocycles. The van der Waals surface area contributed by atoms with E-state index in [1.807, 2.05) is 0 Å². The highest BCUT2D eigenvalue weighted by molar-refractivity contribution is 8.00. The first-order valence-corrected chi connectivity index (χ1v) is 7.82. The predicted octanol–water partition coefficient (Wildman–Crippen LogP) is 4.47. The van der Waals surface area contributed by atoms with Crippen LogP contribution in [0.2, 0.25) is 0 Å². The number of methoxy groups -OCH3 is 1. The highest BCUT2D eigenvalue weighted by atomic mass is 32.2. The highest BCUT2D eigenvalue weighted by Gasteiger charge is 2.32. The van der Waals surface area contributed by atoms with Crippen molar-refractivity contribution in [2.45, 2.75) is 11.1 Å². The van der Waals surface area contributed by atoms with Crippen LogP contribution in [0.25, 0.3) is 0 Å². The molecule has 0 atom stereocenters. The van der Waals surface area contributed by atoms with Crippen molar-refractivity contribution in [2.75, 3.05) is 12.9 Å². The van der Waals surface area contributed by atoms with Gasteiger partial charge in [-0.15, -0.1) is 11.8 Å². The second-order valence-electron chi connectivity index (χ2n) is 4.78. The highest BCUT2D eigenvalue weighted by Crippen LogP contribution is 2.33. The molecule has 0 radical (unpaired) electrons. The maximum atomic E-state index is 12.8. The number of hydrogen-bond acceptors (Lipinski definition) is 4. The Bertz CT molecular complexity index is 742. The molecule has 0 saturated heterocycles. The van der Waals surface area contributed by atoms with Gasteiger partial charge in [-0.05, 0) is 18.2 Å². The second kappa shape index (κ2) is 7.53. The summed E-state index contributed by atoms with van der Waals surface area (Å²) in [6, 6.07) is 11.3. The topological polar surface area (TPSA) is 43.4 Å². The van der Waals surface area contributed by atoms with Crippen LogP contribution in [0.1, 0.15) is 26.3 Å². The SMILES string of the molecule is COC(=O)c1cc(C(F)(F)F)ccc1SCC(=O)c1ccccc1. The van der Waals surface area contributed by atoms with Crippen LogP contribution in [0.4, 0.5) is 13.2 Å². The van der Waals surface area contributed by atoms with Crippen molar-refractivity contribution in [3.63, 3.8) is 0 Å². The van der Waals surface area contributed by atoms with Crippen LogP contribution in [0, 0.1) is 0 Å². The van der Waals surface area contributed by atoms with E-state index in [1.54, 1.807) is 30.3 Å². The predicted molar refractivity (Wildman–Crippen MR) is 84.3 cm³/mol. The molecule has 0 amide bonds. The number of alkyl halides is 3. The van der Waals surface area contributed by atoms with Crippen molar-refractivity contribution in [1.29, 1.82) is 0 Å². The molecule has 3 nitrogen and oxygen atoms in total. The molecule has 24 heavy (non-hydrogen) atoms. The van der Waals surface area contributed by atoms with Crippen LogP contribution < -0.4 is 0 Å². The summed E-state index contributed by atoms with van der Waals surface area (Å²) in [5.41, 5.74) is -0.656. The average Bonchev–Trinajstić information content (AvgIpc) is 2.58. The molecule has 0 aliphatic rings. The third-order valence-electron chi connectivity index (χ3n) is 3.17. The summed E-state index contributed by atoms with van der Waals surface area (Å²) in [5, 5.41) is 0. The summed E-state index contributed by atoms with van der Waals surface area (Å²) in [5.74, 6) is -1.06. The Hall–Kier alpha value is -2.28. The van der Waals surface area contributed by atoms with Crippen LogP contribution in [-0.2, 0) is 10.9 Å². The third-order valence-corrected chi connectivity index (χ3v) is 4.24. The fraction of sp³-hybridized carbons (Fsp3) is 0.176. The van der Waals surface area contributed by atoms with Crippen molar-refractivity contribution >= 4 is 23.5 Å². The lowest BCUT2D eigenvalue weighted by Crippen LogP contribution is -2.10. The monoisotopic (exact) mass is 354 g/mol. The van der Waals surface area contributed by atoms with Crippen molar-refractivity contribution in [3.05, 3.63) is 65.2 Å². The molecule has 0 fully saturated rings. The first kappa shape index (κ1) is 18.1. The minimum atomic E-state index is -4.56. The van der Waals surface area contributed by atoms with E-state index in [0.29, 0.717) is 5.56 Å². The van der Waals surface area contributed by atoms with Gasteiger partial charge in [0.1, 0.15) is 0 Å². The van der Waals surface area contributed by atoms with Crippen molar-refractivity contribution in [3.8, 4) is 0 Å². The van der Waals surface area contributed by atoms with E-state index in [2.05, 4.69) is 4.74 Å². The Kier molecular flexibility index (Phi) is 5.66. The van der Waals surface area contributed by atoms with Gasteiger partial charge in [-0.2, -0.15) is 13.2 Å². The van der Waals surface area contributed by atoms with Crippen molar-refractivity contribution < 1.29 is 27.5 Å². The Balaban J connectivity index is 2.23. The molecule has 0 aromatic heterocycles. The number of thioether (sulfide) groups is 1. The van der Waals surface area contributed by atoms with Crippen LogP contribution in [0.5, 0.6) is 0 Å². The van der Waals surface area contributed by atoms with E-state index in [-0.39, 0.29) is 22.0 Å². The van der Waals surface area contributed by atoms with Gasteiger partial charge in [-0.3, -0.25) is 4.79 Å². The van der Waals surface area contributed by atoms with Gasteiger partial charge in [-0.25, -0.2) is 4.79 Å². The molecule has 126 valence electrons. The number of benzene rings is 2. The van der Waals surface area contributed by atoms with E-state index in [1.165, 1.54) is 6.07 Å². The van der Waals surface area contributed by atoms with Gasteiger partial charge >= 0.3 is 12.1 Å². The van der Waals surface area contributed by atoms with E-state index in [4.69, 9.17) is 0 Å². The molecule has 0 aliphatic heterocycles. The van der Waals surface area contributed by atoms with Crippen LogP contribution in [0.3, 0.4) is 0 Å². The van der Waals surface area contributed by atoms with Gasteiger partial charge in [0, 0.05) is 10.5 Å². The summed E-state index contributed by atoms with van der Waals surface area (Å²) >= 11 is 0.995. The molecule has 0 aliphatic carbocycles. The van der Waals surface area contributed by atoms with Crippen molar-refractivity contribution in [1.82, 2.24) is 0 Å². The summed E-state index contributed by atoms with van der Waals surface area (Å²) in [6.45, 7) is 0. The standard InChI is InChI=1S/C17H13F3O3S/c1-23-16(22)13-9-12(17(18,19)20)7-8-15(13)24-10-14(21)11-5-3-2-4-6-11/h2-9H,10H2,1H3. The van der Waals surface area contributed by atoms with Gasteiger partial charge < -0.3 is 4.74 Å². The molecule has 0 saturated carbocycles. The average molecular weight is 354 g/mol. The fourth-order valence-electron chi connectivity index (χ4n) is 1.95. The third kappa shape index (κ3) is 4.38. The molecule has 2 aromatic rings. The molecule has 7 heteroatoms. The smallest absolute Gasteiger partial charge is 0.416 e. The quantitative estimate of drug-likeness (QED) is 0.451. The number of carbonyl (C=O) groups excluding carboxylic acids is 2. The Labute approximate surface area is 140 Å². The summed E-state index contributed by atoms with van der Waals surface area (Å²) in [6.07, 6.45) is -4.56. The molecular formula is C17H13F3O3S. The zero-order valence-electron chi connectivity index (χ0n) is 12.6. The number of Topliss-reactive ketones (excluding diaryl/α,β-unsaturated/α-hetero) is 1. The zero-order valence-corrected chi connectivity index (χ0v) is 13.4. The van der Waals surface area contributed by atoms with Gasteiger partial charge in [0.2, 0.25) is 0 Å². The van der Waals surface area contributed by atoms with Crippen LogP contribution in [0.15, 0.2) is 53.4 Å². The van der Waals surface area contributed by atoms with Gasteiger partial charge in [0.15, 0.2) is 5.78 Å². The van der Waals surface area contributed by atoms with E-state index in [9.17, 15) is 22.8 Å². The number of halogens is 3. The van der Waals surface area contributed by atoms with Crippen LogP contribution >= 0.6 is 11.8 Å². The Morgan fingerprint density at radius 1 is 1.08 bits per heavy atom. The summed E-state index contributed by atoms with van der Waals surface area (Å²) in [7, 11) is 1.09. The number of esters is 1. The number of ether oxygens (including phenoxy) is 1. The summed E-state index contributed by atoms with van der Waals surface area (Å²) < 4.78 is 42.9. The van der Waals surface area contributed by atoms with E-state index in [0.717, 1.165) is 31.0 Å². The first-order valence-electron chi connectivity index (χ1n) is 6.83. The second-order valence-corrected chi connectivity index (χ2v) is 5.80. The van der Waals surface area contributed by atoms with Gasteiger partial charge in [0.05, 0.1) is 24.0 Å². The number of hydrogen-bond donors (Lipinski definition) is 0. The number of ketones is 1. The fourth-order valence-corrected chi connectivity index (χ4v) is 2.87. The van der Waals surface area contributed by atoms with Gasteiger partial charge in [0.25, 0.3) is 0 Å². The number of carbonyl (C=O) groups is 2.